The van der Waals surface area contributed by atoms with E-state index in [1.807, 2.05) is 0 Å². The predicted octanol–water partition coefficient (Wildman–Crippen LogP) is -1.20. The molecule has 13 heavy (non-hydrogen) atoms. The maximum absolute atomic E-state index is 10.2. The Labute approximate surface area is 74.0 Å². The van der Waals surface area contributed by atoms with E-state index in [0.29, 0.717) is 6.26 Å². The van der Waals surface area contributed by atoms with E-state index in [0.717, 1.165) is 12.2 Å². The van der Waals surface area contributed by atoms with Crippen LogP contribution >= 0.6 is 0 Å². The molecule has 74 valence electrons. The molecule has 1 rings (SSSR count). The van der Waals surface area contributed by atoms with Crippen molar-refractivity contribution in [2.75, 3.05) is 6.26 Å². The van der Waals surface area contributed by atoms with Crippen molar-refractivity contribution in [3.05, 3.63) is 12.2 Å². The fraction of sp³-hybridized carbons (Fsp3) is 0.200. The second-order valence-corrected chi connectivity index (χ2v) is 3.52. The maximum Gasteiger partial charge on any atom is 0.277 e. The van der Waals surface area contributed by atoms with Crippen molar-refractivity contribution in [1.29, 1.82) is 0 Å². The molecule has 0 aromatic rings. The number of rotatable bonds is 0. The van der Waals surface area contributed by atoms with Gasteiger partial charge in [-0.3, -0.25) is 19.3 Å². The van der Waals surface area contributed by atoms with E-state index in [1.54, 1.807) is 0 Å². The standard InChI is InChI=1S/C4H3NO3.CH4O3S/c6-3-1-2-4(7)5(3)8;1-5(2,3)4/h1-2,8H;1H3,(H,2,3,4). The van der Waals surface area contributed by atoms with Gasteiger partial charge in [-0.2, -0.15) is 8.42 Å². The summed E-state index contributed by atoms with van der Waals surface area (Å²) in [6, 6.07) is 0. The first-order valence-corrected chi connectivity index (χ1v) is 4.74. The molecule has 7 nitrogen and oxygen atoms in total. The third-order valence-corrected chi connectivity index (χ3v) is 0.786. The molecule has 0 fully saturated rings. The lowest BCUT2D eigenvalue weighted by Crippen LogP contribution is -2.25. The average Bonchev–Trinajstić information content (AvgIpc) is 2.16. The Morgan fingerprint density at radius 3 is 1.54 bits per heavy atom. The fourth-order valence-corrected chi connectivity index (χ4v) is 0.392. The summed E-state index contributed by atoms with van der Waals surface area (Å²) in [4.78, 5) is 20.3. The van der Waals surface area contributed by atoms with Crippen LogP contribution in [0.25, 0.3) is 0 Å². The van der Waals surface area contributed by atoms with Gasteiger partial charge in [-0.1, -0.05) is 0 Å². The lowest BCUT2D eigenvalue weighted by Gasteiger charge is -1.98. The number of amides is 2. The van der Waals surface area contributed by atoms with E-state index in [1.165, 1.54) is 0 Å². The van der Waals surface area contributed by atoms with Crippen molar-refractivity contribution in [3.63, 3.8) is 0 Å². The summed E-state index contributed by atoms with van der Waals surface area (Å²) < 4.78 is 25.9. The Balaban J connectivity index is 0.000000252. The van der Waals surface area contributed by atoms with Gasteiger partial charge in [0.1, 0.15) is 0 Å². The van der Waals surface area contributed by atoms with Crippen molar-refractivity contribution >= 4 is 21.9 Å². The van der Waals surface area contributed by atoms with Gasteiger partial charge >= 0.3 is 0 Å². The monoisotopic (exact) mass is 209 g/mol. The zero-order chi connectivity index (χ0) is 10.6. The summed E-state index contributed by atoms with van der Waals surface area (Å²) in [5.41, 5.74) is 0. The number of nitrogens with zero attached hydrogens (tertiary/aromatic N) is 1. The van der Waals surface area contributed by atoms with Gasteiger partial charge in [0.2, 0.25) is 0 Å². The van der Waals surface area contributed by atoms with Gasteiger partial charge in [-0.05, 0) is 0 Å². The zero-order valence-corrected chi connectivity index (χ0v) is 7.35. The predicted molar refractivity (Wildman–Crippen MR) is 40.3 cm³/mol. The van der Waals surface area contributed by atoms with Gasteiger partial charge in [0.15, 0.2) is 0 Å². The molecule has 2 amide bonds. The number of carbonyl (C=O) groups is 2. The van der Waals surface area contributed by atoms with Crippen LogP contribution in [0.3, 0.4) is 0 Å². The lowest BCUT2D eigenvalue weighted by molar-refractivity contribution is -0.169. The zero-order valence-electron chi connectivity index (χ0n) is 6.54. The van der Waals surface area contributed by atoms with Crippen LogP contribution < -0.4 is 0 Å². The van der Waals surface area contributed by atoms with Crippen LogP contribution in [-0.4, -0.2) is 41.3 Å². The topological polar surface area (TPSA) is 112 Å². The first kappa shape index (κ1) is 11.8. The summed E-state index contributed by atoms with van der Waals surface area (Å²) in [5.74, 6) is -1.37. The van der Waals surface area contributed by atoms with Crippen molar-refractivity contribution in [2.45, 2.75) is 0 Å². The van der Waals surface area contributed by atoms with E-state index in [9.17, 15) is 18.0 Å². The average molecular weight is 209 g/mol. The summed E-state index contributed by atoms with van der Waals surface area (Å²) in [5, 5.41) is 8.39. The van der Waals surface area contributed by atoms with Gasteiger partial charge in [0.05, 0.1) is 6.26 Å². The smallest absolute Gasteiger partial charge is 0.277 e. The highest BCUT2D eigenvalue weighted by Gasteiger charge is 2.20. The number of carbonyl (C=O) groups excluding carboxylic acids is 2. The van der Waals surface area contributed by atoms with Crippen LogP contribution in [0.4, 0.5) is 0 Å². The number of hydrogen-bond acceptors (Lipinski definition) is 5. The van der Waals surface area contributed by atoms with Crippen molar-refractivity contribution in [2.24, 2.45) is 0 Å². The summed E-state index contributed by atoms with van der Waals surface area (Å²) in [6.07, 6.45) is 2.72. The second kappa shape index (κ2) is 4.12. The van der Waals surface area contributed by atoms with E-state index in [2.05, 4.69) is 0 Å². The fourth-order valence-electron chi connectivity index (χ4n) is 0.392. The summed E-state index contributed by atoms with van der Waals surface area (Å²) in [7, 11) is -3.67. The minimum atomic E-state index is -3.67. The molecule has 0 unspecified atom stereocenters. The Morgan fingerprint density at radius 1 is 1.23 bits per heavy atom. The molecular weight excluding hydrogens is 202 g/mol. The minimum Gasteiger partial charge on any atom is -0.286 e. The molecule has 1 aliphatic heterocycles. The Kier molecular flexibility index (Phi) is 3.72. The number of hydrogen-bond donors (Lipinski definition) is 2. The van der Waals surface area contributed by atoms with E-state index < -0.39 is 21.9 Å². The first-order valence-electron chi connectivity index (χ1n) is 2.89. The lowest BCUT2D eigenvalue weighted by atomic mass is 10.6. The molecule has 0 atom stereocenters. The molecule has 0 aromatic heterocycles. The molecule has 0 radical (unpaired) electrons. The Hall–Kier alpha value is -1.25. The summed E-state index contributed by atoms with van der Waals surface area (Å²) in [6.45, 7) is 0. The molecule has 0 aromatic carbocycles. The molecule has 2 N–H and O–H groups in total. The molecule has 0 saturated heterocycles. The van der Waals surface area contributed by atoms with Crippen LogP contribution in [0.15, 0.2) is 12.2 Å². The highest BCUT2D eigenvalue weighted by molar-refractivity contribution is 7.85. The summed E-state index contributed by atoms with van der Waals surface area (Å²) >= 11 is 0. The molecule has 0 spiro atoms. The van der Waals surface area contributed by atoms with Crippen molar-refractivity contribution < 1.29 is 27.8 Å². The molecule has 0 bridgehead atoms. The van der Waals surface area contributed by atoms with Crippen LogP contribution in [0.5, 0.6) is 0 Å². The third kappa shape index (κ3) is 5.96. The minimum absolute atomic E-state index is 0.0556. The van der Waals surface area contributed by atoms with Crippen molar-refractivity contribution in [3.8, 4) is 0 Å². The number of hydroxylamine groups is 2. The Morgan fingerprint density at radius 2 is 1.46 bits per heavy atom. The molecule has 0 aliphatic carbocycles. The van der Waals surface area contributed by atoms with E-state index >= 15 is 0 Å². The van der Waals surface area contributed by atoms with Gasteiger partial charge in [-0.15, -0.1) is 5.06 Å². The van der Waals surface area contributed by atoms with Crippen LogP contribution in [0, 0.1) is 0 Å². The first-order chi connectivity index (χ1) is 5.72. The van der Waals surface area contributed by atoms with Crippen LogP contribution in [-0.2, 0) is 19.7 Å². The molecule has 1 heterocycles. The molecule has 1 aliphatic rings. The van der Waals surface area contributed by atoms with Gasteiger partial charge in [0.25, 0.3) is 21.9 Å². The molecule has 0 saturated carbocycles. The van der Waals surface area contributed by atoms with E-state index in [4.69, 9.17) is 9.76 Å². The Bertz CT molecular complexity index is 316. The number of imide groups is 1. The van der Waals surface area contributed by atoms with E-state index in [-0.39, 0.29) is 5.06 Å². The molecule has 8 heteroatoms. The third-order valence-electron chi connectivity index (χ3n) is 0.786. The molecular formula is C5H7NO6S. The highest BCUT2D eigenvalue weighted by atomic mass is 32.2. The van der Waals surface area contributed by atoms with Gasteiger partial charge < -0.3 is 0 Å². The van der Waals surface area contributed by atoms with Crippen LogP contribution in [0.1, 0.15) is 0 Å². The van der Waals surface area contributed by atoms with Crippen molar-refractivity contribution in [1.82, 2.24) is 5.06 Å². The quantitative estimate of drug-likeness (QED) is 0.294. The highest BCUT2D eigenvalue weighted by Crippen LogP contribution is 1.96. The largest absolute Gasteiger partial charge is 0.286 e. The normalized spacial score (nSPS) is 15.8. The van der Waals surface area contributed by atoms with Crippen LogP contribution in [0.2, 0.25) is 0 Å². The second-order valence-electron chi connectivity index (χ2n) is 2.05. The maximum atomic E-state index is 10.2. The van der Waals surface area contributed by atoms with Gasteiger partial charge in [-0.25, -0.2) is 0 Å². The SMILES string of the molecule is CS(=O)(=O)O.O=C1C=CC(=O)N1O. The van der Waals surface area contributed by atoms with Gasteiger partial charge in [0, 0.05) is 12.2 Å².